The summed E-state index contributed by atoms with van der Waals surface area (Å²) in [6.45, 7) is 4.33. The fourth-order valence-electron chi connectivity index (χ4n) is 2.96. The van der Waals surface area contributed by atoms with Crippen LogP contribution in [0.5, 0.6) is 0 Å². The van der Waals surface area contributed by atoms with Crippen molar-refractivity contribution < 1.29 is 13.2 Å². The smallest absolute Gasteiger partial charge is 0.236 e. The van der Waals surface area contributed by atoms with Gasteiger partial charge in [0.1, 0.15) is 5.75 Å². The minimum Gasteiger partial charge on any atom is -0.352 e. The third kappa shape index (κ3) is 4.08. The molecule has 0 aliphatic heterocycles. The second-order valence-corrected chi connectivity index (χ2v) is 7.59. The number of nitrogens with one attached hydrogen (secondary N) is 1. The molecule has 1 atom stereocenters. The molecular formula is C16H24N2O3S. The maximum Gasteiger partial charge on any atom is 0.236 e. The van der Waals surface area contributed by atoms with Crippen LogP contribution in [0.4, 0.5) is 0 Å². The number of rotatable bonds is 6. The van der Waals surface area contributed by atoms with Crippen LogP contribution in [0.2, 0.25) is 0 Å². The maximum atomic E-state index is 12.1. The van der Waals surface area contributed by atoms with Gasteiger partial charge >= 0.3 is 0 Å². The lowest BCUT2D eigenvalue weighted by atomic mass is 9.88. The van der Waals surface area contributed by atoms with Gasteiger partial charge < -0.3 is 5.32 Å². The lowest BCUT2D eigenvalue weighted by Crippen LogP contribution is -2.44. The first kappa shape index (κ1) is 17.0. The largest absolute Gasteiger partial charge is 0.352 e. The molecule has 0 unspecified atom stereocenters. The molecule has 0 fully saturated rings. The summed E-state index contributed by atoms with van der Waals surface area (Å²) < 4.78 is 25.5. The third-order valence-corrected chi connectivity index (χ3v) is 6.05. The van der Waals surface area contributed by atoms with Crippen LogP contribution in [0.3, 0.4) is 0 Å². The highest BCUT2D eigenvalue weighted by atomic mass is 32.2. The molecule has 0 spiro atoms. The van der Waals surface area contributed by atoms with E-state index < -0.39 is 21.7 Å². The molecule has 0 saturated heterocycles. The standard InChI is InChI=1S/C16H24N2O3S/c1-3-18(4-2)22(20,21)12-16(19)17-15-10-9-13-7-5-6-8-14(13)11-15/h5-8,15H,3-4,9-12H2,1-2H3,(H,17,19)/t15-/m0/s1. The number of aryl methyl sites for hydroxylation is 1. The zero-order valence-electron chi connectivity index (χ0n) is 13.2. The monoisotopic (exact) mass is 324 g/mol. The topological polar surface area (TPSA) is 66.5 Å². The molecule has 0 bridgehead atoms. The molecule has 2 rings (SSSR count). The molecule has 1 amide bonds. The third-order valence-electron chi connectivity index (χ3n) is 4.12. The first-order chi connectivity index (χ1) is 10.5. The van der Waals surface area contributed by atoms with Crippen molar-refractivity contribution in [2.45, 2.75) is 39.2 Å². The van der Waals surface area contributed by atoms with Crippen LogP contribution in [0.15, 0.2) is 24.3 Å². The Balaban J connectivity index is 1.94. The molecule has 22 heavy (non-hydrogen) atoms. The Hall–Kier alpha value is -1.40. The Morgan fingerprint density at radius 1 is 1.23 bits per heavy atom. The zero-order chi connectivity index (χ0) is 16.2. The Labute approximate surface area is 132 Å². The van der Waals surface area contributed by atoms with Crippen molar-refractivity contribution in [1.29, 1.82) is 0 Å². The maximum absolute atomic E-state index is 12.1. The van der Waals surface area contributed by atoms with Crippen molar-refractivity contribution in [3.63, 3.8) is 0 Å². The fraction of sp³-hybridized carbons (Fsp3) is 0.562. The summed E-state index contributed by atoms with van der Waals surface area (Å²) in [7, 11) is -3.51. The Kier molecular flexibility index (Phi) is 5.58. The van der Waals surface area contributed by atoms with Crippen molar-refractivity contribution in [2.75, 3.05) is 18.8 Å². The van der Waals surface area contributed by atoms with E-state index in [9.17, 15) is 13.2 Å². The number of fused-ring (bicyclic) bond motifs is 1. The van der Waals surface area contributed by atoms with Gasteiger partial charge in [0.05, 0.1) is 0 Å². The van der Waals surface area contributed by atoms with Gasteiger partial charge in [-0.2, -0.15) is 0 Å². The summed E-state index contributed by atoms with van der Waals surface area (Å²) in [6.07, 6.45) is 2.55. The summed E-state index contributed by atoms with van der Waals surface area (Å²) in [6, 6.07) is 8.22. The Bertz CT molecular complexity index is 624. The number of carbonyl (C=O) groups is 1. The number of amides is 1. The molecule has 0 heterocycles. The number of hydrogen-bond donors (Lipinski definition) is 1. The molecule has 1 aliphatic rings. The molecule has 6 heteroatoms. The average molecular weight is 324 g/mol. The molecule has 1 aromatic carbocycles. The molecular weight excluding hydrogens is 300 g/mol. The van der Waals surface area contributed by atoms with Gasteiger partial charge in [-0.15, -0.1) is 0 Å². The Morgan fingerprint density at radius 3 is 2.50 bits per heavy atom. The summed E-state index contributed by atoms with van der Waals surface area (Å²) in [5.41, 5.74) is 2.56. The lowest BCUT2D eigenvalue weighted by Gasteiger charge is -2.26. The predicted molar refractivity (Wildman–Crippen MR) is 87.1 cm³/mol. The Morgan fingerprint density at radius 2 is 1.86 bits per heavy atom. The van der Waals surface area contributed by atoms with E-state index in [4.69, 9.17) is 0 Å². The van der Waals surface area contributed by atoms with Gasteiger partial charge in [-0.3, -0.25) is 4.79 Å². The first-order valence-electron chi connectivity index (χ1n) is 7.80. The molecule has 122 valence electrons. The van der Waals surface area contributed by atoms with Crippen LogP contribution < -0.4 is 5.32 Å². The summed E-state index contributed by atoms with van der Waals surface area (Å²) in [5.74, 6) is -0.872. The van der Waals surface area contributed by atoms with E-state index >= 15 is 0 Å². The van der Waals surface area contributed by atoms with E-state index in [1.54, 1.807) is 13.8 Å². The summed E-state index contributed by atoms with van der Waals surface area (Å²) in [5, 5.41) is 2.87. The van der Waals surface area contributed by atoms with Crippen LogP contribution >= 0.6 is 0 Å². The highest BCUT2D eigenvalue weighted by Crippen LogP contribution is 2.21. The van der Waals surface area contributed by atoms with E-state index in [0.717, 1.165) is 19.3 Å². The zero-order valence-corrected chi connectivity index (χ0v) is 14.0. The van der Waals surface area contributed by atoms with Crippen molar-refractivity contribution in [3.8, 4) is 0 Å². The molecule has 0 aromatic heterocycles. The number of hydrogen-bond acceptors (Lipinski definition) is 3. The number of nitrogens with zero attached hydrogens (tertiary/aromatic N) is 1. The van der Waals surface area contributed by atoms with Gasteiger partial charge in [0.25, 0.3) is 0 Å². The second kappa shape index (κ2) is 7.24. The first-order valence-corrected chi connectivity index (χ1v) is 9.41. The highest BCUT2D eigenvalue weighted by Gasteiger charge is 2.25. The van der Waals surface area contributed by atoms with E-state index in [1.807, 2.05) is 12.1 Å². The molecule has 1 aliphatic carbocycles. The van der Waals surface area contributed by atoms with Gasteiger partial charge in [-0.25, -0.2) is 12.7 Å². The van der Waals surface area contributed by atoms with Crippen LogP contribution in [-0.2, 0) is 27.7 Å². The molecule has 1 N–H and O–H groups in total. The van der Waals surface area contributed by atoms with Crippen LogP contribution in [0.25, 0.3) is 0 Å². The highest BCUT2D eigenvalue weighted by molar-refractivity contribution is 7.89. The normalized spacial score (nSPS) is 18.0. The summed E-state index contributed by atoms with van der Waals surface area (Å²) in [4.78, 5) is 12.1. The number of sulfonamides is 1. The van der Waals surface area contributed by atoms with Crippen LogP contribution in [0.1, 0.15) is 31.4 Å². The van der Waals surface area contributed by atoms with E-state index in [1.165, 1.54) is 15.4 Å². The lowest BCUT2D eigenvalue weighted by molar-refractivity contribution is -0.119. The van der Waals surface area contributed by atoms with Gasteiger partial charge in [-0.05, 0) is 30.4 Å². The van der Waals surface area contributed by atoms with Gasteiger partial charge in [-0.1, -0.05) is 38.1 Å². The van der Waals surface area contributed by atoms with Gasteiger partial charge in [0.2, 0.25) is 15.9 Å². The van der Waals surface area contributed by atoms with Gasteiger partial charge in [0.15, 0.2) is 0 Å². The van der Waals surface area contributed by atoms with Crippen molar-refractivity contribution in [1.82, 2.24) is 9.62 Å². The van der Waals surface area contributed by atoms with E-state index in [0.29, 0.717) is 13.1 Å². The quantitative estimate of drug-likeness (QED) is 0.858. The van der Waals surface area contributed by atoms with E-state index in [2.05, 4.69) is 17.4 Å². The molecule has 0 saturated carbocycles. The van der Waals surface area contributed by atoms with Crippen molar-refractivity contribution >= 4 is 15.9 Å². The van der Waals surface area contributed by atoms with Crippen LogP contribution in [0, 0.1) is 0 Å². The molecule has 0 radical (unpaired) electrons. The molecule has 1 aromatic rings. The van der Waals surface area contributed by atoms with Crippen molar-refractivity contribution in [3.05, 3.63) is 35.4 Å². The second-order valence-electron chi connectivity index (χ2n) is 5.62. The number of benzene rings is 1. The summed E-state index contributed by atoms with van der Waals surface area (Å²) >= 11 is 0. The number of carbonyl (C=O) groups excluding carboxylic acids is 1. The fourth-order valence-corrected chi connectivity index (χ4v) is 4.35. The average Bonchev–Trinajstić information content (AvgIpc) is 2.47. The minimum atomic E-state index is -3.51. The van der Waals surface area contributed by atoms with Crippen LogP contribution in [-0.4, -0.2) is 43.5 Å². The minimum absolute atomic E-state index is 0.0225. The van der Waals surface area contributed by atoms with Crippen molar-refractivity contribution in [2.24, 2.45) is 0 Å². The predicted octanol–water partition coefficient (Wildman–Crippen LogP) is 1.33. The SMILES string of the molecule is CCN(CC)S(=O)(=O)CC(=O)N[C@H]1CCc2ccccc2C1. The van der Waals surface area contributed by atoms with Gasteiger partial charge in [0, 0.05) is 19.1 Å². The molecule has 5 nitrogen and oxygen atoms in total. The van der Waals surface area contributed by atoms with E-state index in [-0.39, 0.29) is 6.04 Å².